The summed E-state index contributed by atoms with van der Waals surface area (Å²) in [6.45, 7) is 5.62. The third kappa shape index (κ3) is 7.58. The number of carbonyl (C=O) groups is 3. The zero-order valence-electron chi connectivity index (χ0n) is 20.4. The molecule has 198 valence electrons. The van der Waals surface area contributed by atoms with E-state index < -0.39 is 12.0 Å². The lowest BCUT2D eigenvalue weighted by Crippen LogP contribution is -2.23. The van der Waals surface area contributed by atoms with Crippen LogP contribution in [0.3, 0.4) is 0 Å². The van der Waals surface area contributed by atoms with Crippen molar-refractivity contribution in [1.82, 2.24) is 15.3 Å². The Bertz CT molecular complexity index is 1370. The lowest BCUT2D eigenvalue weighted by Gasteiger charge is -2.16. The average Bonchev–Trinajstić information content (AvgIpc) is 2.87. The SMILES string of the molecule is C=CC(=O)Nc1ccccc1Nc1nc(Nc2cc(C(N)=O)c(OCCCNC(=O)O)cc2C)ncc1Cl. The molecule has 13 heteroatoms. The molecule has 0 spiro atoms. The molecule has 0 fully saturated rings. The van der Waals surface area contributed by atoms with Crippen LogP contribution >= 0.6 is 11.6 Å². The highest BCUT2D eigenvalue weighted by atomic mass is 35.5. The van der Waals surface area contributed by atoms with E-state index in [-0.39, 0.29) is 47.2 Å². The molecule has 3 aromatic rings. The van der Waals surface area contributed by atoms with Gasteiger partial charge in [-0.3, -0.25) is 9.59 Å². The van der Waals surface area contributed by atoms with Gasteiger partial charge in [-0.1, -0.05) is 30.3 Å². The number of amides is 3. The Kier molecular flexibility index (Phi) is 9.43. The maximum absolute atomic E-state index is 12.1. The second-order valence-corrected chi connectivity index (χ2v) is 8.25. The zero-order valence-corrected chi connectivity index (χ0v) is 21.1. The molecule has 2 aromatic carbocycles. The van der Waals surface area contributed by atoms with Crippen molar-refractivity contribution >= 4 is 58.3 Å². The standard InChI is InChI=1S/C25H26ClN7O5/c1-3-21(34)30-17-7-4-5-8-18(17)31-23-16(26)13-29-24(33-23)32-19-12-15(22(27)35)20(11-14(19)2)38-10-6-9-28-25(36)37/h3-5,7-8,11-13,28H,1,6,9-10H2,2H3,(H2,27,35)(H,30,34)(H,36,37)(H2,29,31,32,33). The van der Waals surface area contributed by atoms with Crippen LogP contribution in [0.5, 0.6) is 5.75 Å². The fourth-order valence-electron chi connectivity index (χ4n) is 3.23. The first-order valence-corrected chi connectivity index (χ1v) is 11.7. The Balaban J connectivity index is 1.80. The molecular formula is C25H26ClN7O5. The lowest BCUT2D eigenvalue weighted by molar-refractivity contribution is -0.111. The molecule has 1 heterocycles. The topological polar surface area (TPSA) is 181 Å². The van der Waals surface area contributed by atoms with Crippen molar-refractivity contribution in [3.63, 3.8) is 0 Å². The molecule has 0 saturated carbocycles. The van der Waals surface area contributed by atoms with E-state index in [0.29, 0.717) is 29.0 Å². The average molecular weight is 540 g/mol. The quantitative estimate of drug-likeness (QED) is 0.145. The van der Waals surface area contributed by atoms with Crippen molar-refractivity contribution in [1.29, 1.82) is 0 Å². The minimum absolute atomic E-state index is 0.128. The van der Waals surface area contributed by atoms with Crippen LogP contribution in [0.15, 0.2) is 55.3 Å². The summed E-state index contributed by atoms with van der Waals surface area (Å²) in [5.74, 6) is -0.359. The summed E-state index contributed by atoms with van der Waals surface area (Å²) in [6, 6.07) is 10.1. The van der Waals surface area contributed by atoms with Gasteiger partial charge in [0.05, 0.1) is 29.7 Å². The van der Waals surface area contributed by atoms with Gasteiger partial charge in [0.25, 0.3) is 5.91 Å². The number of aromatic nitrogens is 2. The van der Waals surface area contributed by atoms with Gasteiger partial charge >= 0.3 is 6.09 Å². The summed E-state index contributed by atoms with van der Waals surface area (Å²) in [6.07, 6.45) is 1.84. The number of rotatable bonds is 12. The van der Waals surface area contributed by atoms with Crippen LogP contribution in [0.2, 0.25) is 5.02 Å². The summed E-state index contributed by atoms with van der Waals surface area (Å²) < 4.78 is 5.66. The Labute approximate surface area is 223 Å². The molecular weight excluding hydrogens is 514 g/mol. The number of para-hydroxylation sites is 2. The third-order valence-electron chi connectivity index (χ3n) is 5.06. The normalized spacial score (nSPS) is 10.3. The van der Waals surface area contributed by atoms with Gasteiger partial charge in [0.2, 0.25) is 11.9 Å². The van der Waals surface area contributed by atoms with Crippen molar-refractivity contribution in [2.24, 2.45) is 5.73 Å². The number of primary amides is 1. The molecule has 0 radical (unpaired) electrons. The van der Waals surface area contributed by atoms with Crippen molar-refractivity contribution in [3.05, 3.63) is 71.4 Å². The first-order valence-electron chi connectivity index (χ1n) is 11.3. The Morgan fingerprint density at radius 1 is 1.16 bits per heavy atom. The van der Waals surface area contributed by atoms with Gasteiger partial charge in [0.1, 0.15) is 10.8 Å². The molecule has 3 rings (SSSR count). The Hall–Kier alpha value is -4.84. The smallest absolute Gasteiger partial charge is 0.404 e. The van der Waals surface area contributed by atoms with Gasteiger partial charge in [-0.15, -0.1) is 0 Å². The number of benzene rings is 2. The van der Waals surface area contributed by atoms with Crippen molar-refractivity contribution in [2.45, 2.75) is 13.3 Å². The molecule has 0 bridgehead atoms. The maximum atomic E-state index is 12.1. The van der Waals surface area contributed by atoms with E-state index in [1.165, 1.54) is 12.3 Å². The number of halogens is 1. The molecule has 0 atom stereocenters. The molecule has 38 heavy (non-hydrogen) atoms. The van der Waals surface area contributed by atoms with E-state index in [4.69, 9.17) is 27.2 Å². The van der Waals surface area contributed by atoms with Crippen LogP contribution in [0.25, 0.3) is 0 Å². The Morgan fingerprint density at radius 3 is 2.58 bits per heavy atom. The largest absolute Gasteiger partial charge is 0.493 e. The van der Waals surface area contributed by atoms with Gasteiger partial charge in [0.15, 0.2) is 5.82 Å². The third-order valence-corrected chi connectivity index (χ3v) is 5.34. The molecule has 0 unspecified atom stereocenters. The summed E-state index contributed by atoms with van der Waals surface area (Å²) in [4.78, 5) is 43.0. The zero-order chi connectivity index (χ0) is 27.7. The number of nitrogens with two attached hydrogens (primary N) is 1. The van der Waals surface area contributed by atoms with Gasteiger partial charge < -0.3 is 36.8 Å². The molecule has 3 amide bonds. The van der Waals surface area contributed by atoms with Crippen LogP contribution in [-0.4, -0.2) is 46.1 Å². The summed E-state index contributed by atoms with van der Waals surface area (Å²) >= 11 is 6.31. The first-order chi connectivity index (χ1) is 18.2. The molecule has 1 aromatic heterocycles. The highest BCUT2D eigenvalue weighted by Crippen LogP contribution is 2.31. The molecule has 7 N–H and O–H groups in total. The molecule has 0 aliphatic rings. The fraction of sp³-hybridized carbons (Fsp3) is 0.160. The number of hydrogen-bond donors (Lipinski definition) is 6. The predicted octanol–water partition coefficient (Wildman–Crippen LogP) is 4.19. The minimum Gasteiger partial charge on any atom is -0.493 e. The van der Waals surface area contributed by atoms with Crippen LogP contribution < -0.4 is 31.7 Å². The van der Waals surface area contributed by atoms with Crippen molar-refractivity contribution in [3.8, 4) is 5.75 Å². The number of carbonyl (C=O) groups excluding carboxylic acids is 2. The van der Waals surface area contributed by atoms with Crippen LogP contribution in [-0.2, 0) is 4.79 Å². The summed E-state index contributed by atoms with van der Waals surface area (Å²) in [5.41, 5.74) is 7.94. The summed E-state index contributed by atoms with van der Waals surface area (Å²) in [7, 11) is 0. The van der Waals surface area contributed by atoms with Crippen molar-refractivity contribution < 1.29 is 24.2 Å². The number of nitrogens with zero attached hydrogens (tertiary/aromatic N) is 2. The first kappa shape index (κ1) is 27.7. The van der Waals surface area contributed by atoms with E-state index in [2.05, 4.69) is 37.8 Å². The predicted molar refractivity (Wildman–Crippen MR) is 145 cm³/mol. The molecule has 12 nitrogen and oxygen atoms in total. The molecule has 0 saturated heterocycles. The number of aryl methyl sites for hydroxylation is 1. The van der Waals surface area contributed by atoms with E-state index in [1.807, 2.05) is 0 Å². The number of anilines is 5. The van der Waals surface area contributed by atoms with Crippen LogP contribution in [0, 0.1) is 6.92 Å². The monoisotopic (exact) mass is 539 g/mol. The van der Waals surface area contributed by atoms with Crippen molar-refractivity contribution in [2.75, 3.05) is 29.1 Å². The van der Waals surface area contributed by atoms with Gasteiger partial charge in [-0.2, -0.15) is 4.98 Å². The van der Waals surface area contributed by atoms with Crippen LogP contribution in [0.4, 0.5) is 33.6 Å². The summed E-state index contributed by atoms with van der Waals surface area (Å²) in [5, 5.41) is 19.9. The van der Waals surface area contributed by atoms with Gasteiger partial charge in [0, 0.05) is 12.2 Å². The van der Waals surface area contributed by atoms with Gasteiger partial charge in [-0.05, 0) is 49.2 Å². The number of ether oxygens (including phenoxy) is 1. The molecule has 0 aliphatic heterocycles. The van der Waals surface area contributed by atoms with E-state index in [1.54, 1.807) is 37.3 Å². The fourth-order valence-corrected chi connectivity index (χ4v) is 3.36. The number of carboxylic acid groups (broad SMARTS) is 1. The van der Waals surface area contributed by atoms with E-state index in [0.717, 1.165) is 6.08 Å². The second-order valence-electron chi connectivity index (χ2n) is 7.84. The van der Waals surface area contributed by atoms with Gasteiger partial charge in [-0.25, -0.2) is 9.78 Å². The lowest BCUT2D eigenvalue weighted by atomic mass is 10.1. The van der Waals surface area contributed by atoms with Crippen LogP contribution in [0.1, 0.15) is 22.3 Å². The highest BCUT2D eigenvalue weighted by molar-refractivity contribution is 6.33. The maximum Gasteiger partial charge on any atom is 0.404 e. The van der Waals surface area contributed by atoms with E-state index in [9.17, 15) is 14.4 Å². The Morgan fingerprint density at radius 2 is 1.89 bits per heavy atom. The molecule has 0 aliphatic carbocycles. The second kappa shape index (κ2) is 12.9. The van der Waals surface area contributed by atoms with E-state index >= 15 is 0 Å². The number of nitrogens with one attached hydrogen (secondary N) is 4. The minimum atomic E-state index is -1.12. The number of hydrogen-bond acceptors (Lipinski definition) is 8. The highest BCUT2D eigenvalue weighted by Gasteiger charge is 2.16.